The van der Waals surface area contributed by atoms with Gasteiger partial charge in [-0.05, 0) is 55.3 Å². The number of rotatable bonds is 7. The van der Waals surface area contributed by atoms with Crippen molar-refractivity contribution in [2.45, 2.75) is 12.8 Å². The van der Waals surface area contributed by atoms with Crippen molar-refractivity contribution in [3.8, 4) is 0 Å². The molecule has 7 nitrogen and oxygen atoms in total. The maximum absolute atomic E-state index is 13.0. The number of likely N-dealkylation sites (tertiary alicyclic amines) is 1. The number of nitrogens with zero attached hydrogens (tertiary/aromatic N) is 2. The summed E-state index contributed by atoms with van der Waals surface area (Å²) >= 11 is 0. The summed E-state index contributed by atoms with van der Waals surface area (Å²) in [7, 11) is 0. The molecule has 0 saturated carbocycles. The van der Waals surface area contributed by atoms with Gasteiger partial charge in [0.25, 0.3) is 11.6 Å². The molecule has 2 aliphatic heterocycles. The molecular weight excluding hydrogens is 440 g/mol. The van der Waals surface area contributed by atoms with E-state index in [1.165, 1.54) is 38.1 Å². The molecule has 2 heterocycles. The molecule has 0 aromatic heterocycles. The third-order valence-electron chi connectivity index (χ3n) is 6.32. The number of nitro benzene ring substituents is 1. The van der Waals surface area contributed by atoms with E-state index in [1.54, 1.807) is 6.07 Å². The number of benzene rings is 3. The number of nitrogens with one attached hydrogen (secondary N) is 2. The molecule has 1 amide bonds. The summed E-state index contributed by atoms with van der Waals surface area (Å²) in [4.78, 5) is 26.4. The van der Waals surface area contributed by atoms with Gasteiger partial charge < -0.3 is 10.6 Å². The van der Waals surface area contributed by atoms with Crippen molar-refractivity contribution in [1.82, 2.24) is 4.90 Å². The molecule has 0 aliphatic carbocycles. The van der Waals surface area contributed by atoms with Crippen LogP contribution in [0.2, 0.25) is 0 Å². The summed E-state index contributed by atoms with van der Waals surface area (Å²) in [5.41, 5.74) is 4.72. The third-order valence-corrected chi connectivity index (χ3v) is 6.32. The van der Waals surface area contributed by atoms with Crippen LogP contribution in [0.3, 0.4) is 0 Å². The second-order valence-corrected chi connectivity index (χ2v) is 8.71. The molecule has 2 aliphatic rings. The smallest absolute Gasteiger partial charge is 0.270 e. The van der Waals surface area contributed by atoms with E-state index >= 15 is 0 Å². The normalized spacial score (nSPS) is 16.9. The Kier molecular flexibility index (Phi) is 6.41. The van der Waals surface area contributed by atoms with E-state index in [1.807, 2.05) is 54.6 Å². The number of hydrogen-bond acceptors (Lipinski definition) is 5. The second kappa shape index (κ2) is 9.95. The number of nitro groups is 1. The van der Waals surface area contributed by atoms with E-state index in [0.29, 0.717) is 22.5 Å². The first kappa shape index (κ1) is 22.6. The van der Waals surface area contributed by atoms with Crippen LogP contribution in [0.25, 0.3) is 17.3 Å². The Balaban J connectivity index is 1.46. The van der Waals surface area contributed by atoms with Crippen LogP contribution in [0.5, 0.6) is 0 Å². The lowest BCUT2D eigenvalue weighted by molar-refractivity contribution is -0.384. The number of hydrogen-bond donors (Lipinski definition) is 2. The van der Waals surface area contributed by atoms with Crippen LogP contribution in [0, 0.1) is 10.1 Å². The minimum Gasteiger partial charge on any atom is -0.354 e. The Labute approximate surface area is 203 Å². The number of non-ortho nitro benzene ring substituents is 1. The van der Waals surface area contributed by atoms with E-state index in [0.717, 1.165) is 23.4 Å². The van der Waals surface area contributed by atoms with Gasteiger partial charge in [-0.15, -0.1) is 0 Å². The first-order chi connectivity index (χ1) is 17.1. The maximum atomic E-state index is 13.0. The molecule has 3 aromatic carbocycles. The van der Waals surface area contributed by atoms with Crippen molar-refractivity contribution in [3.63, 3.8) is 0 Å². The van der Waals surface area contributed by atoms with Gasteiger partial charge in [0.1, 0.15) is 0 Å². The van der Waals surface area contributed by atoms with Gasteiger partial charge in [0.15, 0.2) is 0 Å². The van der Waals surface area contributed by atoms with E-state index in [9.17, 15) is 14.9 Å². The fourth-order valence-corrected chi connectivity index (χ4v) is 4.53. The largest absolute Gasteiger partial charge is 0.354 e. The molecular formula is C28H26N4O3. The molecule has 1 fully saturated rings. The standard InChI is InChI=1S/C28H26N4O3/c33-28-26(24-19-23(32(34)35)14-15-25(24)30-28)27(21-8-2-1-3-9-21)29-22-12-10-20(11-13-22)7-6-18-31-16-4-5-17-31/h1-3,6-15,19,29H,4-5,16-18H2,(H,30,33)/b7-6+,27-26-. The van der Waals surface area contributed by atoms with Gasteiger partial charge in [-0.3, -0.25) is 19.8 Å². The van der Waals surface area contributed by atoms with Crippen LogP contribution in [-0.2, 0) is 4.79 Å². The lowest BCUT2D eigenvalue weighted by atomic mass is 9.99. The Bertz CT molecular complexity index is 1310. The Morgan fingerprint density at radius 2 is 1.77 bits per heavy atom. The summed E-state index contributed by atoms with van der Waals surface area (Å²) in [5, 5.41) is 17.6. The van der Waals surface area contributed by atoms with E-state index in [2.05, 4.69) is 27.7 Å². The predicted octanol–water partition coefficient (Wildman–Crippen LogP) is 5.64. The van der Waals surface area contributed by atoms with Crippen LogP contribution in [0.1, 0.15) is 29.5 Å². The number of amides is 1. The average Bonchev–Trinajstić information content (AvgIpc) is 3.50. The number of carbonyl (C=O) groups is 1. The Morgan fingerprint density at radius 1 is 1.03 bits per heavy atom. The van der Waals surface area contributed by atoms with Crippen molar-refractivity contribution in [2.24, 2.45) is 0 Å². The molecule has 7 heteroatoms. The van der Waals surface area contributed by atoms with Gasteiger partial charge in [-0.2, -0.15) is 0 Å². The zero-order valence-electron chi connectivity index (χ0n) is 19.2. The van der Waals surface area contributed by atoms with Gasteiger partial charge in [-0.25, -0.2) is 0 Å². The molecule has 0 atom stereocenters. The molecule has 0 bridgehead atoms. The molecule has 35 heavy (non-hydrogen) atoms. The molecule has 0 spiro atoms. The van der Waals surface area contributed by atoms with Gasteiger partial charge in [0.05, 0.1) is 16.2 Å². The summed E-state index contributed by atoms with van der Waals surface area (Å²) < 4.78 is 0. The van der Waals surface area contributed by atoms with Crippen LogP contribution < -0.4 is 10.6 Å². The second-order valence-electron chi connectivity index (χ2n) is 8.71. The average molecular weight is 467 g/mol. The summed E-state index contributed by atoms with van der Waals surface area (Å²) in [6.07, 6.45) is 6.88. The van der Waals surface area contributed by atoms with E-state index < -0.39 is 4.92 Å². The van der Waals surface area contributed by atoms with Crippen LogP contribution >= 0.6 is 0 Å². The fourth-order valence-electron chi connectivity index (χ4n) is 4.53. The molecule has 176 valence electrons. The van der Waals surface area contributed by atoms with Crippen LogP contribution in [0.15, 0.2) is 78.9 Å². The third kappa shape index (κ3) is 5.00. The fraction of sp³-hybridized carbons (Fsp3) is 0.179. The summed E-state index contributed by atoms with van der Waals surface area (Å²) in [5.74, 6) is -0.298. The molecule has 5 rings (SSSR count). The SMILES string of the molecule is O=C1Nc2ccc([N+](=O)[O-])cc2/C1=C(/Nc1ccc(/C=C/CN2CCCC2)cc1)c1ccccc1. The minimum absolute atomic E-state index is 0.0600. The van der Waals surface area contributed by atoms with Gasteiger partial charge in [-0.1, -0.05) is 54.6 Å². The maximum Gasteiger partial charge on any atom is 0.270 e. The van der Waals surface area contributed by atoms with E-state index in [-0.39, 0.29) is 11.6 Å². The minimum atomic E-state index is -0.452. The predicted molar refractivity (Wildman–Crippen MR) is 140 cm³/mol. The molecule has 0 unspecified atom stereocenters. The molecule has 3 aromatic rings. The highest BCUT2D eigenvalue weighted by Gasteiger charge is 2.30. The van der Waals surface area contributed by atoms with Crippen molar-refractivity contribution in [2.75, 3.05) is 30.3 Å². The van der Waals surface area contributed by atoms with Gasteiger partial charge >= 0.3 is 0 Å². The van der Waals surface area contributed by atoms with Crippen molar-refractivity contribution in [3.05, 3.63) is 106 Å². The first-order valence-electron chi connectivity index (χ1n) is 11.7. The highest BCUT2D eigenvalue weighted by Crippen LogP contribution is 2.39. The monoisotopic (exact) mass is 466 g/mol. The molecule has 0 radical (unpaired) electrons. The van der Waals surface area contributed by atoms with Crippen molar-refractivity contribution >= 4 is 40.3 Å². The molecule has 1 saturated heterocycles. The van der Waals surface area contributed by atoms with E-state index in [4.69, 9.17) is 0 Å². The zero-order valence-corrected chi connectivity index (χ0v) is 19.2. The highest BCUT2D eigenvalue weighted by atomic mass is 16.6. The summed E-state index contributed by atoms with van der Waals surface area (Å²) in [6.45, 7) is 3.30. The lowest BCUT2D eigenvalue weighted by Crippen LogP contribution is -2.18. The number of fused-ring (bicyclic) bond motifs is 1. The number of anilines is 2. The number of carbonyl (C=O) groups excluding carboxylic acids is 1. The quantitative estimate of drug-likeness (QED) is 0.267. The topological polar surface area (TPSA) is 87.5 Å². The Hall–Kier alpha value is -4.23. The zero-order chi connectivity index (χ0) is 24.2. The van der Waals surface area contributed by atoms with Gasteiger partial charge in [0.2, 0.25) is 0 Å². The lowest BCUT2D eigenvalue weighted by Gasteiger charge is -2.15. The Morgan fingerprint density at radius 3 is 2.49 bits per heavy atom. The van der Waals surface area contributed by atoms with Crippen molar-refractivity contribution in [1.29, 1.82) is 0 Å². The van der Waals surface area contributed by atoms with Crippen LogP contribution in [-0.4, -0.2) is 35.4 Å². The highest BCUT2D eigenvalue weighted by molar-refractivity contribution is 6.37. The van der Waals surface area contributed by atoms with Crippen LogP contribution in [0.4, 0.5) is 17.1 Å². The van der Waals surface area contributed by atoms with Gasteiger partial charge in [0, 0.05) is 35.6 Å². The molecule has 2 N–H and O–H groups in total. The first-order valence-corrected chi connectivity index (χ1v) is 11.7. The summed E-state index contributed by atoms with van der Waals surface area (Å²) in [6, 6.07) is 21.9. The van der Waals surface area contributed by atoms with Crippen molar-refractivity contribution < 1.29 is 9.72 Å².